The Labute approximate surface area is 115 Å². The van der Waals surface area contributed by atoms with Gasteiger partial charge in [-0.3, -0.25) is 9.48 Å². The predicted octanol–water partition coefficient (Wildman–Crippen LogP) is 2.25. The van der Waals surface area contributed by atoms with Crippen LogP contribution in [0.1, 0.15) is 28.5 Å². The topological polar surface area (TPSA) is 70.7 Å². The van der Waals surface area contributed by atoms with E-state index in [0.29, 0.717) is 23.4 Å². The van der Waals surface area contributed by atoms with Gasteiger partial charge in [-0.25, -0.2) is 4.39 Å². The number of rotatable bonds is 3. The van der Waals surface area contributed by atoms with E-state index in [9.17, 15) is 9.18 Å². The van der Waals surface area contributed by atoms with Crippen molar-refractivity contribution in [2.24, 2.45) is 7.05 Å². The zero-order chi connectivity index (χ0) is 14.7. The number of hydrogen-bond donors (Lipinski definition) is 1. The van der Waals surface area contributed by atoms with Crippen LogP contribution >= 0.6 is 0 Å². The van der Waals surface area contributed by atoms with Crippen LogP contribution in [0.5, 0.6) is 0 Å². The molecule has 102 valence electrons. The van der Waals surface area contributed by atoms with E-state index >= 15 is 0 Å². The second kappa shape index (κ2) is 5.53. The lowest BCUT2D eigenvalue weighted by molar-refractivity contribution is 0.102. The summed E-state index contributed by atoms with van der Waals surface area (Å²) >= 11 is 0. The molecule has 6 heteroatoms. The quantitative estimate of drug-likeness (QED) is 0.931. The first kappa shape index (κ1) is 13.7. The molecule has 0 aliphatic rings. The molecule has 1 amide bonds. The largest absolute Gasteiger partial charge is 0.322 e. The lowest BCUT2D eigenvalue weighted by Crippen LogP contribution is -2.13. The molecule has 0 saturated carbocycles. The second-order valence-corrected chi connectivity index (χ2v) is 4.28. The number of anilines is 1. The summed E-state index contributed by atoms with van der Waals surface area (Å²) in [5.41, 5.74) is 1.43. The molecule has 0 atom stereocenters. The standard InChI is InChI=1S/C14H13FN4O/c1-3-13-11(8-19(2)18-13)14(20)17-10-4-5-12(15)9(6-10)7-16/h4-6,8H,3H2,1-2H3,(H,17,20). The van der Waals surface area contributed by atoms with Crippen molar-refractivity contribution in [1.29, 1.82) is 5.26 Å². The Morgan fingerprint density at radius 1 is 1.55 bits per heavy atom. The molecule has 1 aromatic carbocycles. The fraction of sp³-hybridized carbons (Fsp3) is 0.214. The van der Waals surface area contributed by atoms with Crippen molar-refractivity contribution in [2.45, 2.75) is 13.3 Å². The molecule has 0 aliphatic heterocycles. The minimum Gasteiger partial charge on any atom is -0.322 e. The van der Waals surface area contributed by atoms with Gasteiger partial charge in [0.2, 0.25) is 0 Å². The molecule has 0 radical (unpaired) electrons. The van der Waals surface area contributed by atoms with E-state index in [-0.39, 0.29) is 11.5 Å². The third kappa shape index (κ3) is 2.67. The molecule has 2 rings (SSSR count). The van der Waals surface area contributed by atoms with Gasteiger partial charge in [0.1, 0.15) is 11.9 Å². The van der Waals surface area contributed by atoms with Crippen molar-refractivity contribution in [2.75, 3.05) is 5.32 Å². The Hall–Kier alpha value is -2.68. The van der Waals surface area contributed by atoms with Gasteiger partial charge in [0.25, 0.3) is 5.91 Å². The smallest absolute Gasteiger partial charge is 0.259 e. The molecule has 0 saturated heterocycles. The van der Waals surface area contributed by atoms with E-state index in [2.05, 4.69) is 10.4 Å². The maximum absolute atomic E-state index is 13.2. The van der Waals surface area contributed by atoms with E-state index in [1.807, 2.05) is 6.92 Å². The zero-order valence-corrected chi connectivity index (χ0v) is 11.1. The van der Waals surface area contributed by atoms with Gasteiger partial charge in [-0.1, -0.05) is 6.92 Å². The fourth-order valence-electron chi connectivity index (χ4n) is 1.87. The summed E-state index contributed by atoms with van der Waals surface area (Å²) < 4.78 is 14.8. The molecular weight excluding hydrogens is 259 g/mol. The van der Waals surface area contributed by atoms with Crippen molar-refractivity contribution in [3.63, 3.8) is 0 Å². The minimum atomic E-state index is -0.610. The molecule has 0 aliphatic carbocycles. The van der Waals surface area contributed by atoms with Gasteiger partial charge in [-0.05, 0) is 24.6 Å². The summed E-state index contributed by atoms with van der Waals surface area (Å²) in [6.07, 6.45) is 2.26. The normalized spacial score (nSPS) is 10.1. The summed E-state index contributed by atoms with van der Waals surface area (Å²) in [5, 5.41) is 15.6. The van der Waals surface area contributed by atoms with Crippen LogP contribution < -0.4 is 5.32 Å². The number of amides is 1. The summed E-state index contributed by atoms with van der Waals surface area (Å²) in [7, 11) is 1.74. The van der Waals surface area contributed by atoms with Crippen LogP contribution in [0.2, 0.25) is 0 Å². The van der Waals surface area contributed by atoms with E-state index in [0.717, 1.165) is 6.07 Å². The van der Waals surface area contributed by atoms with Crippen molar-refractivity contribution in [3.8, 4) is 6.07 Å². The van der Waals surface area contributed by atoms with Crippen molar-refractivity contribution >= 4 is 11.6 Å². The maximum Gasteiger partial charge on any atom is 0.259 e. The van der Waals surface area contributed by atoms with E-state index in [1.54, 1.807) is 24.0 Å². The van der Waals surface area contributed by atoms with Crippen LogP contribution in [-0.4, -0.2) is 15.7 Å². The first-order chi connectivity index (χ1) is 9.55. The summed E-state index contributed by atoms with van der Waals surface area (Å²) in [6.45, 7) is 1.91. The first-order valence-electron chi connectivity index (χ1n) is 6.08. The highest BCUT2D eigenvalue weighted by molar-refractivity contribution is 6.05. The van der Waals surface area contributed by atoms with E-state index < -0.39 is 5.82 Å². The van der Waals surface area contributed by atoms with Gasteiger partial charge in [0.05, 0.1) is 16.8 Å². The first-order valence-corrected chi connectivity index (χ1v) is 6.08. The third-order valence-electron chi connectivity index (χ3n) is 2.83. The van der Waals surface area contributed by atoms with Gasteiger partial charge in [0.15, 0.2) is 0 Å². The molecule has 0 unspecified atom stereocenters. The van der Waals surface area contributed by atoms with E-state index in [1.165, 1.54) is 12.1 Å². The number of hydrogen-bond acceptors (Lipinski definition) is 3. The predicted molar refractivity (Wildman–Crippen MR) is 71.7 cm³/mol. The molecule has 0 fully saturated rings. The lowest BCUT2D eigenvalue weighted by Gasteiger charge is -2.05. The lowest BCUT2D eigenvalue weighted by atomic mass is 10.1. The zero-order valence-electron chi connectivity index (χ0n) is 11.1. The Morgan fingerprint density at radius 2 is 2.30 bits per heavy atom. The highest BCUT2D eigenvalue weighted by Gasteiger charge is 2.15. The molecule has 2 aromatic rings. The van der Waals surface area contributed by atoms with E-state index in [4.69, 9.17) is 5.26 Å². The number of carbonyl (C=O) groups is 1. The number of halogens is 1. The molecule has 0 spiro atoms. The highest BCUT2D eigenvalue weighted by atomic mass is 19.1. The number of carbonyl (C=O) groups excluding carboxylic acids is 1. The van der Waals surface area contributed by atoms with Crippen LogP contribution in [0, 0.1) is 17.1 Å². The van der Waals surface area contributed by atoms with Crippen molar-refractivity contribution in [3.05, 3.63) is 47.0 Å². The average molecular weight is 272 g/mol. The van der Waals surface area contributed by atoms with Crippen LogP contribution in [0.15, 0.2) is 24.4 Å². The van der Waals surface area contributed by atoms with Crippen LogP contribution in [-0.2, 0) is 13.5 Å². The number of aromatic nitrogens is 2. The summed E-state index contributed by atoms with van der Waals surface area (Å²) in [5.74, 6) is -0.938. The summed E-state index contributed by atoms with van der Waals surface area (Å²) in [6, 6.07) is 5.60. The van der Waals surface area contributed by atoms with Gasteiger partial charge in [-0.2, -0.15) is 10.4 Å². The third-order valence-corrected chi connectivity index (χ3v) is 2.83. The molecule has 0 bridgehead atoms. The van der Waals surface area contributed by atoms with Crippen molar-refractivity contribution < 1.29 is 9.18 Å². The Morgan fingerprint density at radius 3 is 2.95 bits per heavy atom. The molecule has 1 heterocycles. The Bertz CT molecular complexity index is 700. The molecule has 1 aromatic heterocycles. The van der Waals surface area contributed by atoms with Crippen LogP contribution in [0.25, 0.3) is 0 Å². The van der Waals surface area contributed by atoms with Gasteiger partial charge < -0.3 is 5.32 Å². The minimum absolute atomic E-state index is 0.107. The molecular formula is C14H13FN4O. The average Bonchev–Trinajstić information content (AvgIpc) is 2.82. The van der Waals surface area contributed by atoms with Gasteiger partial charge in [-0.15, -0.1) is 0 Å². The summed E-state index contributed by atoms with van der Waals surface area (Å²) in [4.78, 5) is 12.2. The maximum atomic E-state index is 13.2. The molecule has 20 heavy (non-hydrogen) atoms. The van der Waals surface area contributed by atoms with Gasteiger partial charge in [0, 0.05) is 18.9 Å². The van der Waals surface area contributed by atoms with Crippen LogP contribution in [0.3, 0.4) is 0 Å². The highest BCUT2D eigenvalue weighted by Crippen LogP contribution is 2.16. The number of aryl methyl sites for hydroxylation is 2. The Balaban J connectivity index is 2.26. The second-order valence-electron chi connectivity index (χ2n) is 4.28. The Kier molecular flexibility index (Phi) is 3.80. The fourth-order valence-corrected chi connectivity index (χ4v) is 1.87. The molecule has 5 nitrogen and oxygen atoms in total. The SMILES string of the molecule is CCc1nn(C)cc1C(=O)Nc1ccc(F)c(C#N)c1. The number of nitrogens with one attached hydrogen (secondary N) is 1. The number of nitriles is 1. The number of nitrogens with zero attached hydrogens (tertiary/aromatic N) is 3. The monoisotopic (exact) mass is 272 g/mol. The van der Waals surface area contributed by atoms with Crippen LogP contribution in [0.4, 0.5) is 10.1 Å². The number of benzene rings is 1. The van der Waals surface area contributed by atoms with Gasteiger partial charge >= 0.3 is 0 Å². The molecule has 1 N–H and O–H groups in total. The van der Waals surface area contributed by atoms with Crippen molar-refractivity contribution in [1.82, 2.24) is 9.78 Å².